The third-order valence-corrected chi connectivity index (χ3v) is 4.59. The number of carbonyl (C=O) groups excluding carboxylic acids is 1. The molecule has 0 spiro atoms. The summed E-state index contributed by atoms with van der Waals surface area (Å²) < 4.78 is 10.4. The standard InChI is InChI=1S/C16H27N3O3S/c1-7-17-15(19-10-16(3,4)23-6)18-9-12-8-13(11(2)22-12)14(20)21-5/h8H,7,9-10H2,1-6H3,(H2,17,18,19). The molecule has 0 radical (unpaired) electrons. The van der Waals surface area contributed by atoms with E-state index in [9.17, 15) is 4.79 Å². The van der Waals surface area contributed by atoms with E-state index < -0.39 is 5.97 Å². The molecular formula is C16H27N3O3S. The molecule has 0 fully saturated rings. The molecule has 130 valence electrons. The first-order valence-corrected chi connectivity index (χ1v) is 8.80. The summed E-state index contributed by atoms with van der Waals surface area (Å²) in [5.74, 6) is 1.50. The van der Waals surface area contributed by atoms with Gasteiger partial charge < -0.3 is 19.8 Å². The fraction of sp³-hybridized carbons (Fsp3) is 0.625. The maximum atomic E-state index is 11.6. The van der Waals surface area contributed by atoms with E-state index in [4.69, 9.17) is 9.15 Å². The van der Waals surface area contributed by atoms with E-state index >= 15 is 0 Å². The van der Waals surface area contributed by atoms with Crippen molar-refractivity contribution in [1.82, 2.24) is 10.6 Å². The van der Waals surface area contributed by atoms with Crippen LogP contribution in [0.5, 0.6) is 0 Å². The summed E-state index contributed by atoms with van der Waals surface area (Å²) in [6.07, 6.45) is 2.09. The van der Waals surface area contributed by atoms with Crippen molar-refractivity contribution in [3.8, 4) is 0 Å². The van der Waals surface area contributed by atoms with Crippen molar-refractivity contribution in [2.75, 3.05) is 26.5 Å². The Morgan fingerprint density at radius 3 is 2.70 bits per heavy atom. The van der Waals surface area contributed by atoms with Crippen LogP contribution in [0, 0.1) is 6.92 Å². The minimum Gasteiger partial charge on any atom is -0.465 e. The molecular weight excluding hydrogens is 314 g/mol. The van der Waals surface area contributed by atoms with Gasteiger partial charge >= 0.3 is 5.97 Å². The maximum absolute atomic E-state index is 11.6. The number of ether oxygens (including phenoxy) is 1. The smallest absolute Gasteiger partial charge is 0.341 e. The van der Waals surface area contributed by atoms with Crippen molar-refractivity contribution in [3.05, 3.63) is 23.2 Å². The number of hydrogen-bond acceptors (Lipinski definition) is 5. The number of guanidine groups is 1. The molecule has 1 heterocycles. The number of aryl methyl sites for hydroxylation is 1. The summed E-state index contributed by atoms with van der Waals surface area (Å²) in [6.45, 7) is 10.0. The molecule has 2 N–H and O–H groups in total. The van der Waals surface area contributed by atoms with Crippen molar-refractivity contribution < 1.29 is 13.9 Å². The summed E-state index contributed by atoms with van der Waals surface area (Å²) in [5.41, 5.74) is 0.444. The second kappa shape index (κ2) is 8.86. The van der Waals surface area contributed by atoms with Crippen molar-refractivity contribution in [2.24, 2.45) is 4.99 Å². The first-order valence-electron chi connectivity index (χ1n) is 7.58. The molecule has 0 aliphatic rings. The molecule has 23 heavy (non-hydrogen) atoms. The number of aliphatic imine (C=N–C) groups is 1. The maximum Gasteiger partial charge on any atom is 0.341 e. The molecule has 6 nitrogen and oxygen atoms in total. The highest BCUT2D eigenvalue weighted by Crippen LogP contribution is 2.19. The predicted octanol–water partition coefficient (Wildman–Crippen LogP) is 2.57. The van der Waals surface area contributed by atoms with Crippen LogP contribution in [0.15, 0.2) is 15.5 Å². The van der Waals surface area contributed by atoms with Gasteiger partial charge in [-0.2, -0.15) is 11.8 Å². The van der Waals surface area contributed by atoms with Crippen LogP contribution in [-0.4, -0.2) is 43.1 Å². The molecule has 7 heteroatoms. The Morgan fingerprint density at radius 1 is 1.43 bits per heavy atom. The lowest BCUT2D eigenvalue weighted by atomic mass is 10.2. The van der Waals surface area contributed by atoms with Gasteiger partial charge in [0.05, 0.1) is 7.11 Å². The molecule has 1 aromatic rings. The van der Waals surface area contributed by atoms with Gasteiger partial charge in [-0.1, -0.05) is 0 Å². The molecule has 0 unspecified atom stereocenters. The lowest BCUT2D eigenvalue weighted by Gasteiger charge is -2.23. The second-order valence-electron chi connectivity index (χ2n) is 5.69. The summed E-state index contributed by atoms with van der Waals surface area (Å²) in [7, 11) is 1.35. The highest BCUT2D eigenvalue weighted by molar-refractivity contribution is 7.99. The Kier molecular flexibility index (Phi) is 7.48. The van der Waals surface area contributed by atoms with E-state index in [-0.39, 0.29) is 4.75 Å². The van der Waals surface area contributed by atoms with Crippen LogP contribution < -0.4 is 10.6 Å². The summed E-state index contributed by atoms with van der Waals surface area (Å²) in [6, 6.07) is 1.68. The number of thioether (sulfide) groups is 1. The van der Waals surface area contributed by atoms with E-state index in [1.165, 1.54) is 7.11 Å². The number of esters is 1. The molecule has 0 aromatic carbocycles. The van der Waals surface area contributed by atoms with E-state index in [1.807, 2.05) is 6.92 Å². The molecule has 0 aliphatic carbocycles. The minimum atomic E-state index is -0.395. The lowest BCUT2D eigenvalue weighted by Crippen LogP contribution is -2.43. The van der Waals surface area contributed by atoms with Gasteiger partial charge in [-0.15, -0.1) is 0 Å². The van der Waals surface area contributed by atoms with Crippen molar-refractivity contribution in [1.29, 1.82) is 0 Å². The normalized spacial score (nSPS) is 12.2. The van der Waals surface area contributed by atoms with Crippen LogP contribution in [0.3, 0.4) is 0 Å². The zero-order chi connectivity index (χ0) is 17.5. The zero-order valence-corrected chi connectivity index (χ0v) is 15.6. The average molecular weight is 341 g/mol. The average Bonchev–Trinajstić information content (AvgIpc) is 2.90. The largest absolute Gasteiger partial charge is 0.465 e. The van der Waals surface area contributed by atoms with Crippen LogP contribution in [0.4, 0.5) is 0 Å². The number of hydrogen-bond donors (Lipinski definition) is 2. The Balaban J connectivity index is 2.75. The molecule has 0 saturated heterocycles. The molecule has 0 saturated carbocycles. The Morgan fingerprint density at radius 2 is 2.13 bits per heavy atom. The van der Waals surface area contributed by atoms with Crippen molar-refractivity contribution in [2.45, 2.75) is 39.0 Å². The molecule has 1 rings (SSSR count). The minimum absolute atomic E-state index is 0.121. The third-order valence-electron chi connectivity index (χ3n) is 3.35. The van der Waals surface area contributed by atoms with E-state index in [0.29, 0.717) is 23.6 Å². The first kappa shape index (κ1) is 19.4. The van der Waals surface area contributed by atoms with Gasteiger partial charge in [-0.05, 0) is 40.0 Å². The number of nitrogens with one attached hydrogen (secondary N) is 2. The van der Waals surface area contributed by atoms with Gasteiger partial charge in [0, 0.05) is 17.8 Å². The van der Waals surface area contributed by atoms with Crippen molar-refractivity contribution >= 4 is 23.7 Å². The number of rotatable bonds is 7. The topological polar surface area (TPSA) is 75.9 Å². The van der Waals surface area contributed by atoms with Gasteiger partial charge in [-0.3, -0.25) is 0 Å². The summed E-state index contributed by atoms with van der Waals surface area (Å²) in [4.78, 5) is 16.1. The molecule has 0 bridgehead atoms. The van der Waals surface area contributed by atoms with Gasteiger partial charge in [-0.25, -0.2) is 9.79 Å². The van der Waals surface area contributed by atoms with Gasteiger partial charge in [0.2, 0.25) is 0 Å². The zero-order valence-electron chi connectivity index (χ0n) is 14.8. The summed E-state index contributed by atoms with van der Waals surface area (Å²) >= 11 is 1.80. The van der Waals surface area contributed by atoms with E-state index in [0.717, 1.165) is 19.0 Å². The van der Waals surface area contributed by atoms with Gasteiger partial charge in [0.1, 0.15) is 23.6 Å². The lowest BCUT2D eigenvalue weighted by molar-refractivity contribution is 0.0599. The fourth-order valence-corrected chi connectivity index (χ4v) is 2.02. The Labute approximate surface area is 142 Å². The number of furan rings is 1. The monoisotopic (exact) mass is 341 g/mol. The van der Waals surface area contributed by atoms with E-state index in [2.05, 4.69) is 35.7 Å². The van der Waals surface area contributed by atoms with Crippen LogP contribution in [0.2, 0.25) is 0 Å². The van der Waals surface area contributed by atoms with Crippen LogP contribution in [-0.2, 0) is 11.3 Å². The van der Waals surface area contributed by atoms with Crippen molar-refractivity contribution in [3.63, 3.8) is 0 Å². The summed E-state index contributed by atoms with van der Waals surface area (Å²) in [5, 5.41) is 6.52. The second-order valence-corrected chi connectivity index (χ2v) is 7.20. The van der Waals surface area contributed by atoms with Crippen LogP contribution >= 0.6 is 11.8 Å². The Hall–Kier alpha value is -1.63. The molecule has 0 amide bonds. The quantitative estimate of drug-likeness (QED) is 0.451. The predicted molar refractivity (Wildman–Crippen MR) is 95.2 cm³/mol. The molecule has 0 atom stereocenters. The molecule has 0 aliphatic heterocycles. The van der Waals surface area contributed by atoms with E-state index in [1.54, 1.807) is 24.8 Å². The van der Waals surface area contributed by atoms with Gasteiger partial charge in [0.25, 0.3) is 0 Å². The van der Waals surface area contributed by atoms with Gasteiger partial charge in [0.15, 0.2) is 5.96 Å². The number of carbonyl (C=O) groups is 1. The number of nitrogens with zero attached hydrogens (tertiary/aromatic N) is 1. The highest BCUT2D eigenvalue weighted by Gasteiger charge is 2.17. The third kappa shape index (κ3) is 6.17. The number of methoxy groups -OCH3 is 1. The molecule has 1 aromatic heterocycles. The fourth-order valence-electron chi connectivity index (χ4n) is 1.80. The highest BCUT2D eigenvalue weighted by atomic mass is 32.2. The Bertz CT molecular complexity index is 553. The van der Waals surface area contributed by atoms with Crippen LogP contribution in [0.1, 0.15) is 42.6 Å². The first-order chi connectivity index (χ1) is 10.8. The van der Waals surface area contributed by atoms with Crippen LogP contribution in [0.25, 0.3) is 0 Å². The SMILES string of the molecule is CCNC(=NCc1cc(C(=O)OC)c(C)o1)NCC(C)(C)SC.